The number of aliphatic carboxylic acids is 1. The predicted octanol–water partition coefficient (Wildman–Crippen LogP) is -2.01. The number of carboxylic acid groups (broad SMARTS) is 1. The molecule has 30 heavy (non-hydrogen) atoms. The number of nitrogens with two attached hydrogens (primary N) is 3. The molecular formula is C18H35N7O5. The van der Waals surface area contributed by atoms with E-state index in [1.54, 1.807) is 6.92 Å². The van der Waals surface area contributed by atoms with Crippen LogP contribution in [0.5, 0.6) is 0 Å². The maximum Gasteiger partial charge on any atom is 0.326 e. The zero-order valence-electron chi connectivity index (χ0n) is 18.0. The van der Waals surface area contributed by atoms with Gasteiger partial charge in [0.2, 0.25) is 17.7 Å². The summed E-state index contributed by atoms with van der Waals surface area (Å²) in [7, 11) is 0. The molecule has 0 saturated carbocycles. The van der Waals surface area contributed by atoms with Crippen molar-refractivity contribution in [3.63, 3.8) is 0 Å². The van der Waals surface area contributed by atoms with Gasteiger partial charge in [-0.05, 0) is 32.6 Å². The van der Waals surface area contributed by atoms with E-state index in [0.29, 0.717) is 12.8 Å². The zero-order chi connectivity index (χ0) is 23.4. The quantitative estimate of drug-likeness (QED) is 0.0983. The third kappa shape index (κ3) is 10.0. The van der Waals surface area contributed by atoms with Crippen molar-refractivity contribution in [1.82, 2.24) is 16.0 Å². The zero-order valence-corrected chi connectivity index (χ0v) is 18.0. The number of aliphatic imine (C=N–C) groups is 1. The fourth-order valence-electron chi connectivity index (χ4n) is 2.41. The molecular weight excluding hydrogens is 394 g/mol. The second kappa shape index (κ2) is 13.4. The minimum Gasteiger partial charge on any atom is -0.480 e. The molecule has 0 saturated heterocycles. The first-order valence-electron chi connectivity index (χ1n) is 9.85. The highest BCUT2D eigenvalue weighted by Crippen LogP contribution is 2.09. The van der Waals surface area contributed by atoms with Crippen LogP contribution in [0.25, 0.3) is 0 Å². The molecule has 0 heterocycles. The third-order valence-electron chi connectivity index (χ3n) is 4.52. The lowest BCUT2D eigenvalue weighted by atomic mass is 9.97. The van der Waals surface area contributed by atoms with Gasteiger partial charge in [0, 0.05) is 6.54 Å². The average molecular weight is 430 g/mol. The molecule has 0 aliphatic heterocycles. The van der Waals surface area contributed by atoms with Crippen LogP contribution in [-0.2, 0) is 19.2 Å². The van der Waals surface area contributed by atoms with Gasteiger partial charge in [-0.2, -0.15) is 0 Å². The van der Waals surface area contributed by atoms with Crippen LogP contribution in [-0.4, -0.2) is 65.5 Å². The molecule has 0 spiro atoms. The highest BCUT2D eigenvalue weighted by atomic mass is 16.4. The SMILES string of the molecule is CCC(C)C(NC(=O)C(C)N)C(=O)NC(C)C(=O)NC(CCCN=C(N)N)C(=O)O. The highest BCUT2D eigenvalue weighted by Gasteiger charge is 2.30. The number of carbonyl (C=O) groups excluding carboxylic acids is 3. The van der Waals surface area contributed by atoms with E-state index in [1.807, 2.05) is 6.92 Å². The summed E-state index contributed by atoms with van der Waals surface area (Å²) in [5, 5.41) is 16.8. The minimum absolute atomic E-state index is 0.103. The van der Waals surface area contributed by atoms with Gasteiger partial charge in [-0.15, -0.1) is 0 Å². The Bertz CT molecular complexity index is 634. The van der Waals surface area contributed by atoms with Crippen LogP contribution in [0, 0.1) is 5.92 Å². The van der Waals surface area contributed by atoms with Gasteiger partial charge in [0.05, 0.1) is 6.04 Å². The molecule has 172 valence electrons. The Morgan fingerprint density at radius 3 is 2.03 bits per heavy atom. The Morgan fingerprint density at radius 2 is 1.57 bits per heavy atom. The number of hydrogen-bond acceptors (Lipinski definition) is 6. The summed E-state index contributed by atoms with van der Waals surface area (Å²) in [6.45, 7) is 6.79. The monoisotopic (exact) mass is 429 g/mol. The van der Waals surface area contributed by atoms with Gasteiger partial charge >= 0.3 is 5.97 Å². The van der Waals surface area contributed by atoms with Crippen molar-refractivity contribution in [2.75, 3.05) is 6.54 Å². The largest absolute Gasteiger partial charge is 0.480 e. The number of guanidine groups is 1. The van der Waals surface area contributed by atoms with Crippen molar-refractivity contribution in [3.05, 3.63) is 0 Å². The first-order chi connectivity index (χ1) is 13.9. The molecule has 0 fully saturated rings. The molecule has 0 aliphatic carbocycles. The number of nitrogens with one attached hydrogen (secondary N) is 3. The van der Waals surface area contributed by atoms with E-state index >= 15 is 0 Å². The smallest absolute Gasteiger partial charge is 0.326 e. The predicted molar refractivity (Wildman–Crippen MR) is 112 cm³/mol. The molecule has 0 aromatic heterocycles. The second-order valence-electron chi connectivity index (χ2n) is 7.24. The number of hydrogen-bond donors (Lipinski definition) is 7. The Morgan fingerprint density at radius 1 is 0.967 bits per heavy atom. The van der Waals surface area contributed by atoms with Gasteiger partial charge in [-0.3, -0.25) is 19.4 Å². The molecule has 0 radical (unpaired) electrons. The van der Waals surface area contributed by atoms with E-state index in [4.69, 9.17) is 17.2 Å². The summed E-state index contributed by atoms with van der Waals surface area (Å²) in [6.07, 6.45) is 1.06. The molecule has 5 atom stereocenters. The van der Waals surface area contributed by atoms with Crippen LogP contribution in [0.15, 0.2) is 4.99 Å². The van der Waals surface area contributed by atoms with Gasteiger partial charge in [0.25, 0.3) is 0 Å². The molecule has 0 bridgehead atoms. The molecule has 12 heteroatoms. The summed E-state index contributed by atoms with van der Waals surface area (Å²) >= 11 is 0. The molecule has 0 rings (SSSR count). The molecule has 3 amide bonds. The molecule has 0 aromatic carbocycles. The first kappa shape index (κ1) is 27.1. The van der Waals surface area contributed by atoms with Crippen LogP contribution in [0.2, 0.25) is 0 Å². The van der Waals surface area contributed by atoms with Crippen molar-refractivity contribution >= 4 is 29.7 Å². The fraction of sp³-hybridized carbons (Fsp3) is 0.722. The van der Waals surface area contributed by atoms with Gasteiger partial charge in [-0.1, -0.05) is 20.3 Å². The van der Waals surface area contributed by atoms with Crippen molar-refractivity contribution in [2.45, 2.75) is 71.1 Å². The number of amides is 3. The van der Waals surface area contributed by atoms with Gasteiger partial charge < -0.3 is 38.3 Å². The van der Waals surface area contributed by atoms with Crippen LogP contribution in [0.1, 0.15) is 47.0 Å². The summed E-state index contributed by atoms with van der Waals surface area (Å²) in [4.78, 5) is 52.0. The second-order valence-corrected chi connectivity index (χ2v) is 7.24. The van der Waals surface area contributed by atoms with Crippen molar-refractivity contribution in [3.8, 4) is 0 Å². The lowest BCUT2D eigenvalue weighted by Gasteiger charge is -2.26. The summed E-state index contributed by atoms with van der Waals surface area (Å²) in [6, 6.07) is -3.84. The van der Waals surface area contributed by atoms with Crippen molar-refractivity contribution in [1.29, 1.82) is 0 Å². The number of carbonyl (C=O) groups is 4. The highest BCUT2D eigenvalue weighted by molar-refractivity contribution is 5.93. The molecule has 5 unspecified atom stereocenters. The van der Waals surface area contributed by atoms with Crippen LogP contribution < -0.4 is 33.2 Å². The Hall–Kier alpha value is -2.89. The van der Waals surface area contributed by atoms with Crippen molar-refractivity contribution < 1.29 is 24.3 Å². The number of carboxylic acids is 1. The average Bonchev–Trinajstić information content (AvgIpc) is 2.66. The Labute approximate surface area is 176 Å². The van der Waals surface area contributed by atoms with Gasteiger partial charge in [-0.25, -0.2) is 4.79 Å². The van der Waals surface area contributed by atoms with E-state index in [9.17, 15) is 24.3 Å². The Kier molecular flexibility index (Phi) is 12.1. The lowest BCUT2D eigenvalue weighted by molar-refractivity contribution is -0.142. The molecule has 12 nitrogen and oxygen atoms in total. The normalized spacial score (nSPS) is 15.6. The van der Waals surface area contributed by atoms with Crippen LogP contribution in [0.3, 0.4) is 0 Å². The fourth-order valence-corrected chi connectivity index (χ4v) is 2.41. The Balaban J connectivity index is 4.95. The van der Waals surface area contributed by atoms with Crippen LogP contribution >= 0.6 is 0 Å². The van der Waals surface area contributed by atoms with Crippen molar-refractivity contribution in [2.24, 2.45) is 28.1 Å². The van der Waals surface area contributed by atoms with Crippen LogP contribution in [0.4, 0.5) is 0 Å². The third-order valence-corrected chi connectivity index (χ3v) is 4.52. The van der Waals surface area contributed by atoms with E-state index in [0.717, 1.165) is 0 Å². The standard InChI is InChI=1S/C18H35N7O5/c1-5-9(2)13(25-14(26)10(3)19)16(28)23-11(4)15(27)24-12(17(29)30)7-6-8-22-18(20)21/h9-13H,5-8,19H2,1-4H3,(H,23,28)(H,24,27)(H,25,26)(H,29,30)(H4,20,21,22). The van der Waals surface area contributed by atoms with E-state index < -0.39 is 47.9 Å². The summed E-state index contributed by atoms with van der Waals surface area (Å²) in [5.74, 6) is -3.23. The van der Waals surface area contributed by atoms with Gasteiger partial charge in [0.1, 0.15) is 18.1 Å². The molecule has 0 aromatic rings. The number of rotatable bonds is 13. The summed E-state index contributed by atoms with van der Waals surface area (Å²) in [5.41, 5.74) is 16.0. The van der Waals surface area contributed by atoms with Gasteiger partial charge in [0.15, 0.2) is 5.96 Å². The molecule has 0 aliphatic rings. The summed E-state index contributed by atoms with van der Waals surface area (Å²) < 4.78 is 0. The lowest BCUT2D eigenvalue weighted by Crippen LogP contribution is -2.57. The first-order valence-corrected chi connectivity index (χ1v) is 9.85. The van der Waals surface area contributed by atoms with E-state index in [1.165, 1.54) is 13.8 Å². The minimum atomic E-state index is -1.21. The van der Waals surface area contributed by atoms with E-state index in [-0.39, 0.29) is 24.8 Å². The maximum atomic E-state index is 12.6. The van der Waals surface area contributed by atoms with E-state index in [2.05, 4.69) is 20.9 Å². The number of nitrogens with zero attached hydrogens (tertiary/aromatic N) is 1. The topological polar surface area (TPSA) is 215 Å². The maximum absolute atomic E-state index is 12.6. The molecule has 10 N–H and O–H groups in total.